The van der Waals surface area contributed by atoms with E-state index in [0.717, 1.165) is 43.5 Å². The van der Waals surface area contributed by atoms with E-state index in [-0.39, 0.29) is 46.2 Å². The van der Waals surface area contributed by atoms with Gasteiger partial charge in [-0.25, -0.2) is 9.37 Å². The van der Waals surface area contributed by atoms with Crippen LogP contribution in [0.5, 0.6) is 17.2 Å². The summed E-state index contributed by atoms with van der Waals surface area (Å²) < 4.78 is 111. The Hall–Kier alpha value is -4.64. The molecule has 2 heterocycles. The van der Waals surface area contributed by atoms with Crippen molar-refractivity contribution in [2.24, 2.45) is 5.73 Å². The first-order valence-electron chi connectivity index (χ1n) is 13.2. The summed E-state index contributed by atoms with van der Waals surface area (Å²) in [5.74, 6) is -3.50. The van der Waals surface area contributed by atoms with E-state index < -0.39 is 65.9 Å². The van der Waals surface area contributed by atoms with Gasteiger partial charge in [0.05, 0.1) is 19.3 Å². The van der Waals surface area contributed by atoms with Crippen LogP contribution < -0.4 is 25.3 Å². The second kappa shape index (κ2) is 12.3. The molecule has 0 spiro atoms. The Morgan fingerprint density at radius 2 is 1.74 bits per heavy atom. The SMILES string of the molecule is COc1cc(C(=O)NC[C@](O)(c2cc3c(c(-c4ccc(F)cc4)n2)OC[C@]3(C)C(N)=O)C(F)(F)F)ccc1OC[C@H](O)C(F)(F)F. The van der Waals surface area contributed by atoms with Gasteiger partial charge in [-0.15, -0.1) is 0 Å². The minimum Gasteiger partial charge on any atom is -0.493 e. The molecule has 1 aliphatic rings. The van der Waals surface area contributed by atoms with Crippen molar-refractivity contribution in [2.45, 2.75) is 36.4 Å². The highest BCUT2D eigenvalue weighted by atomic mass is 19.4. The topological polar surface area (TPSA) is 153 Å². The predicted molar refractivity (Wildman–Crippen MR) is 145 cm³/mol. The molecule has 4 rings (SSSR count). The number of hydrogen-bond acceptors (Lipinski definition) is 8. The van der Waals surface area contributed by atoms with Gasteiger partial charge in [0.15, 0.2) is 17.6 Å². The van der Waals surface area contributed by atoms with E-state index in [1.165, 1.54) is 19.1 Å². The number of carbonyl (C=O) groups excluding carboxylic acids is 2. The van der Waals surface area contributed by atoms with E-state index in [1.54, 1.807) is 0 Å². The lowest BCUT2D eigenvalue weighted by Gasteiger charge is -2.31. The molecule has 3 atom stereocenters. The van der Waals surface area contributed by atoms with Crippen molar-refractivity contribution in [3.8, 4) is 28.5 Å². The number of rotatable bonds is 10. The van der Waals surface area contributed by atoms with Crippen LogP contribution in [-0.2, 0) is 15.8 Å². The van der Waals surface area contributed by atoms with Gasteiger partial charge in [0.2, 0.25) is 11.5 Å². The fraction of sp³-hybridized carbons (Fsp3) is 0.345. The van der Waals surface area contributed by atoms with Crippen LogP contribution in [-0.4, -0.2) is 72.3 Å². The first kappa shape index (κ1) is 34.2. The number of ether oxygens (including phenoxy) is 3. The standard InChI is InChI=1S/C29H26F7N3O7/c1-26(25(37)42)13-46-23-17(26)10-20(39-22(23)14-3-6-16(30)7-4-14)27(43,29(34,35)36)12-38-24(41)15-5-8-18(19(9-15)44-2)45-11-21(40)28(31,32)33/h3-10,21,40,43H,11-13H2,1-2H3,(H2,37,42)(H,38,41)/t21-,26-,27-/m0/s1. The predicted octanol–water partition coefficient (Wildman–Crippen LogP) is 3.51. The van der Waals surface area contributed by atoms with E-state index in [2.05, 4.69) is 4.98 Å². The van der Waals surface area contributed by atoms with Crippen molar-refractivity contribution >= 4 is 11.8 Å². The highest BCUT2D eigenvalue weighted by Gasteiger charge is 2.57. The Labute approximate surface area is 255 Å². The Balaban J connectivity index is 1.69. The second-order valence-electron chi connectivity index (χ2n) is 10.5. The third kappa shape index (κ3) is 6.50. The minimum atomic E-state index is -5.47. The lowest BCUT2D eigenvalue weighted by atomic mass is 9.81. The number of carbonyl (C=O) groups is 2. The molecule has 5 N–H and O–H groups in total. The number of hydrogen-bond donors (Lipinski definition) is 4. The van der Waals surface area contributed by atoms with Gasteiger partial charge in [-0.2, -0.15) is 26.3 Å². The van der Waals surface area contributed by atoms with Crippen molar-refractivity contribution < 1.29 is 64.7 Å². The van der Waals surface area contributed by atoms with E-state index in [0.29, 0.717) is 0 Å². The lowest BCUT2D eigenvalue weighted by Crippen LogP contribution is -2.51. The summed E-state index contributed by atoms with van der Waals surface area (Å²) in [6, 6.07) is 8.16. The lowest BCUT2D eigenvalue weighted by molar-refractivity contribution is -0.265. The molecule has 0 aliphatic carbocycles. The van der Waals surface area contributed by atoms with Gasteiger partial charge in [-0.05, 0) is 55.5 Å². The summed E-state index contributed by atoms with van der Waals surface area (Å²) in [6.07, 6.45) is -13.3. The number of aliphatic hydroxyl groups is 2. The number of halogens is 7. The zero-order chi connectivity index (χ0) is 34.2. The molecule has 248 valence electrons. The number of benzene rings is 2. The number of methoxy groups -OCH3 is 1. The third-order valence-electron chi connectivity index (χ3n) is 7.33. The maximum atomic E-state index is 14.6. The number of aliphatic hydroxyl groups excluding tert-OH is 1. The van der Waals surface area contributed by atoms with Crippen LogP contribution in [0.4, 0.5) is 30.7 Å². The summed E-state index contributed by atoms with van der Waals surface area (Å²) in [4.78, 5) is 29.3. The fourth-order valence-electron chi connectivity index (χ4n) is 4.44. The highest BCUT2D eigenvalue weighted by Crippen LogP contribution is 2.47. The molecule has 0 saturated heterocycles. The monoisotopic (exact) mass is 661 g/mol. The van der Waals surface area contributed by atoms with Gasteiger partial charge >= 0.3 is 12.4 Å². The van der Waals surface area contributed by atoms with E-state index in [9.17, 15) is 45.4 Å². The molecule has 1 aromatic heterocycles. The summed E-state index contributed by atoms with van der Waals surface area (Å²) in [5, 5.41) is 22.2. The van der Waals surface area contributed by atoms with Gasteiger partial charge < -0.3 is 35.5 Å². The maximum absolute atomic E-state index is 14.6. The molecular weight excluding hydrogens is 635 g/mol. The van der Waals surface area contributed by atoms with Crippen LogP contribution in [0.15, 0.2) is 48.5 Å². The molecule has 46 heavy (non-hydrogen) atoms. The summed E-state index contributed by atoms with van der Waals surface area (Å²) in [6.45, 7) is -1.76. The average Bonchev–Trinajstić information content (AvgIpc) is 3.35. The highest BCUT2D eigenvalue weighted by molar-refractivity contribution is 5.95. The number of amides is 2. The van der Waals surface area contributed by atoms with Crippen LogP contribution in [0.25, 0.3) is 11.3 Å². The summed E-state index contributed by atoms with van der Waals surface area (Å²) >= 11 is 0. The molecular formula is C29H26F7N3O7. The minimum absolute atomic E-state index is 0.0823. The number of alkyl halides is 6. The number of nitrogens with one attached hydrogen (secondary N) is 1. The number of aromatic nitrogens is 1. The van der Waals surface area contributed by atoms with Crippen LogP contribution in [0.3, 0.4) is 0 Å². The van der Waals surface area contributed by atoms with Crippen LogP contribution in [0, 0.1) is 5.82 Å². The Bertz CT molecular complexity index is 1630. The van der Waals surface area contributed by atoms with Crippen molar-refractivity contribution in [1.29, 1.82) is 0 Å². The van der Waals surface area contributed by atoms with Crippen molar-refractivity contribution in [3.63, 3.8) is 0 Å². The van der Waals surface area contributed by atoms with Gasteiger partial charge in [-0.1, -0.05) is 0 Å². The molecule has 2 amide bonds. The van der Waals surface area contributed by atoms with E-state index in [1.807, 2.05) is 5.32 Å². The Kier molecular flexibility index (Phi) is 9.14. The van der Waals surface area contributed by atoms with Crippen molar-refractivity contribution in [2.75, 3.05) is 26.9 Å². The zero-order valence-electron chi connectivity index (χ0n) is 23.9. The van der Waals surface area contributed by atoms with E-state index in [4.69, 9.17) is 25.1 Å². The van der Waals surface area contributed by atoms with Crippen LogP contribution >= 0.6 is 0 Å². The van der Waals surface area contributed by atoms with Gasteiger partial charge in [0, 0.05) is 16.7 Å². The first-order valence-corrected chi connectivity index (χ1v) is 13.2. The maximum Gasteiger partial charge on any atom is 0.424 e. The molecule has 0 saturated carbocycles. The number of fused-ring (bicyclic) bond motifs is 1. The number of nitrogens with two attached hydrogens (primary N) is 1. The molecule has 0 fully saturated rings. The molecule has 3 aromatic rings. The van der Waals surface area contributed by atoms with Crippen molar-refractivity contribution in [1.82, 2.24) is 10.3 Å². The summed E-state index contributed by atoms with van der Waals surface area (Å²) in [7, 11) is 1.08. The molecule has 10 nitrogen and oxygen atoms in total. The second-order valence-corrected chi connectivity index (χ2v) is 10.5. The molecule has 0 unspecified atom stereocenters. The van der Waals surface area contributed by atoms with Gasteiger partial charge in [0.25, 0.3) is 5.91 Å². The van der Waals surface area contributed by atoms with Crippen LogP contribution in [0.2, 0.25) is 0 Å². The third-order valence-corrected chi connectivity index (χ3v) is 7.33. The molecule has 2 aromatic carbocycles. The smallest absolute Gasteiger partial charge is 0.424 e. The normalized spacial score (nSPS) is 18.2. The zero-order valence-corrected chi connectivity index (χ0v) is 23.9. The van der Waals surface area contributed by atoms with Crippen LogP contribution in [0.1, 0.15) is 28.5 Å². The van der Waals surface area contributed by atoms with Gasteiger partial charge in [-0.3, -0.25) is 9.59 Å². The molecule has 17 heteroatoms. The molecule has 0 bridgehead atoms. The fourth-order valence-corrected chi connectivity index (χ4v) is 4.44. The number of pyridine rings is 1. The molecule has 0 radical (unpaired) electrons. The van der Waals surface area contributed by atoms with E-state index >= 15 is 0 Å². The Morgan fingerprint density at radius 1 is 1.09 bits per heavy atom. The first-order chi connectivity index (χ1) is 21.3. The number of nitrogens with zero attached hydrogens (tertiary/aromatic N) is 1. The van der Waals surface area contributed by atoms with Crippen molar-refractivity contribution in [3.05, 3.63) is 71.2 Å². The Morgan fingerprint density at radius 3 is 2.30 bits per heavy atom. The van der Waals surface area contributed by atoms with Gasteiger partial charge in [0.1, 0.15) is 35.9 Å². The average molecular weight is 662 g/mol. The largest absolute Gasteiger partial charge is 0.493 e. The number of primary amides is 1. The molecule has 1 aliphatic heterocycles. The summed E-state index contributed by atoms with van der Waals surface area (Å²) in [5.41, 5.74) is -1.66. The quantitative estimate of drug-likeness (QED) is 0.241.